The molecule has 0 saturated heterocycles. The maximum absolute atomic E-state index is 11.2. The van der Waals surface area contributed by atoms with E-state index in [1.54, 1.807) is 0 Å². The van der Waals surface area contributed by atoms with E-state index >= 15 is 0 Å². The zero-order chi connectivity index (χ0) is 20.7. The Hall–Kier alpha value is -3.23. The third kappa shape index (κ3) is 5.15. The van der Waals surface area contributed by atoms with Gasteiger partial charge in [-0.05, 0) is 18.1 Å². The number of rotatable bonds is 3. The molecule has 0 fully saturated rings. The Balaban J connectivity index is 0.000000207. The number of carbonyl (C=O) groups excluding carboxylic acids is 1. The van der Waals surface area contributed by atoms with Gasteiger partial charge in [0, 0.05) is 11.8 Å². The second kappa shape index (κ2) is 9.12. The Morgan fingerprint density at radius 1 is 0.964 bits per heavy atom. The number of pyridine rings is 1. The summed E-state index contributed by atoms with van der Waals surface area (Å²) in [5.74, 6) is -0.966. The average Bonchev–Trinajstić information content (AvgIpc) is 2.70. The topological polar surface area (TPSA) is 114 Å². The lowest BCUT2D eigenvalue weighted by molar-refractivity contribution is 0.0595. The smallest absolute Gasteiger partial charge is 0.340 e. The molecule has 2 N–H and O–H groups in total. The van der Waals surface area contributed by atoms with Crippen LogP contribution in [0.15, 0.2) is 76.6 Å². The maximum Gasteiger partial charge on any atom is 0.340 e. The molecule has 0 spiro atoms. The first-order chi connectivity index (χ1) is 13.3. The number of ether oxygens (including phenoxy) is 1. The number of hydrogen-bond acceptors (Lipinski definition) is 5. The summed E-state index contributed by atoms with van der Waals surface area (Å²) in [6.07, 6.45) is 0.879. The van der Waals surface area contributed by atoms with Crippen LogP contribution in [0.4, 0.5) is 0 Å². The molecule has 3 rings (SSSR count). The minimum Gasteiger partial charge on any atom is -0.465 e. The quantitative estimate of drug-likeness (QED) is 0.515. The van der Waals surface area contributed by atoms with Gasteiger partial charge in [-0.3, -0.25) is 9.35 Å². The SMILES string of the molecule is COC(=O)c1c[nH]c(=O)c(C)c1S(=O)(=O)O.c1ccc(-c2ccccc2)cc1. The molecule has 0 unspecified atom stereocenters. The largest absolute Gasteiger partial charge is 0.465 e. The average molecular weight is 401 g/mol. The predicted octanol–water partition coefficient (Wildman–Crippen LogP) is 3.07. The molecule has 28 heavy (non-hydrogen) atoms. The molecular weight excluding hydrogens is 382 g/mol. The van der Waals surface area contributed by atoms with E-state index < -0.39 is 32.1 Å². The highest BCUT2D eigenvalue weighted by Gasteiger charge is 2.25. The van der Waals surface area contributed by atoms with Gasteiger partial charge in [-0.25, -0.2) is 4.79 Å². The van der Waals surface area contributed by atoms with Gasteiger partial charge in [-0.15, -0.1) is 0 Å². The number of carbonyl (C=O) groups is 1. The number of H-pyrrole nitrogens is 1. The van der Waals surface area contributed by atoms with Crippen LogP contribution >= 0.6 is 0 Å². The van der Waals surface area contributed by atoms with Gasteiger partial charge in [0.2, 0.25) is 0 Å². The van der Waals surface area contributed by atoms with Crippen molar-refractivity contribution < 1.29 is 22.5 Å². The normalized spacial score (nSPS) is 10.5. The van der Waals surface area contributed by atoms with Crippen molar-refractivity contribution in [2.75, 3.05) is 7.11 Å². The second-order valence-electron chi connectivity index (χ2n) is 5.68. The van der Waals surface area contributed by atoms with Crippen LogP contribution < -0.4 is 5.56 Å². The molecule has 0 aliphatic heterocycles. The summed E-state index contributed by atoms with van der Waals surface area (Å²) in [4.78, 5) is 23.8. The van der Waals surface area contributed by atoms with Crippen molar-refractivity contribution in [1.82, 2.24) is 4.98 Å². The first-order valence-electron chi connectivity index (χ1n) is 8.14. The molecule has 0 aliphatic carbocycles. The fourth-order valence-electron chi connectivity index (χ4n) is 2.47. The third-order valence-corrected chi connectivity index (χ3v) is 4.86. The number of aromatic amines is 1. The van der Waals surface area contributed by atoms with Crippen molar-refractivity contribution >= 4 is 16.1 Å². The van der Waals surface area contributed by atoms with Crippen LogP contribution in [0.5, 0.6) is 0 Å². The highest BCUT2D eigenvalue weighted by Crippen LogP contribution is 2.18. The number of esters is 1. The lowest BCUT2D eigenvalue weighted by Gasteiger charge is -2.06. The van der Waals surface area contributed by atoms with Crippen molar-refractivity contribution in [3.63, 3.8) is 0 Å². The van der Waals surface area contributed by atoms with Gasteiger partial charge in [-0.1, -0.05) is 60.7 Å². The Kier molecular flexibility index (Phi) is 6.86. The zero-order valence-electron chi connectivity index (χ0n) is 15.2. The maximum atomic E-state index is 11.2. The van der Waals surface area contributed by atoms with E-state index in [0.717, 1.165) is 13.3 Å². The van der Waals surface area contributed by atoms with Gasteiger partial charge in [0.05, 0.1) is 12.7 Å². The number of hydrogen-bond donors (Lipinski definition) is 2. The molecule has 0 aliphatic rings. The summed E-state index contributed by atoms with van der Waals surface area (Å²) in [6.45, 7) is 1.17. The minimum atomic E-state index is -4.66. The van der Waals surface area contributed by atoms with Crippen molar-refractivity contribution in [1.29, 1.82) is 0 Å². The van der Waals surface area contributed by atoms with Crippen LogP contribution in [0.2, 0.25) is 0 Å². The summed E-state index contributed by atoms with van der Waals surface area (Å²) in [5, 5.41) is 0. The summed E-state index contributed by atoms with van der Waals surface area (Å²) < 4.78 is 35.3. The molecule has 2 aromatic carbocycles. The minimum absolute atomic E-state index is 0.273. The van der Waals surface area contributed by atoms with E-state index in [4.69, 9.17) is 4.55 Å². The van der Waals surface area contributed by atoms with E-state index in [0.29, 0.717) is 0 Å². The van der Waals surface area contributed by atoms with Crippen molar-refractivity contribution in [2.45, 2.75) is 11.8 Å². The molecule has 0 atom stereocenters. The van der Waals surface area contributed by atoms with Gasteiger partial charge in [0.15, 0.2) is 0 Å². The third-order valence-electron chi connectivity index (χ3n) is 3.82. The highest BCUT2D eigenvalue weighted by molar-refractivity contribution is 7.86. The van der Waals surface area contributed by atoms with E-state index in [-0.39, 0.29) is 5.56 Å². The molecule has 1 aromatic heterocycles. The molecule has 0 saturated carbocycles. The van der Waals surface area contributed by atoms with Gasteiger partial charge in [-0.2, -0.15) is 8.42 Å². The van der Waals surface area contributed by atoms with Crippen molar-refractivity contribution in [3.8, 4) is 11.1 Å². The number of aromatic nitrogens is 1. The lowest BCUT2D eigenvalue weighted by Crippen LogP contribution is -2.20. The van der Waals surface area contributed by atoms with Crippen LogP contribution in [0.1, 0.15) is 15.9 Å². The van der Waals surface area contributed by atoms with Crippen LogP contribution in [0.3, 0.4) is 0 Å². The van der Waals surface area contributed by atoms with Gasteiger partial charge < -0.3 is 9.72 Å². The van der Waals surface area contributed by atoms with Gasteiger partial charge in [0.25, 0.3) is 15.7 Å². The molecule has 146 valence electrons. The first-order valence-corrected chi connectivity index (χ1v) is 9.58. The fraction of sp³-hybridized carbons (Fsp3) is 0.100. The number of methoxy groups -OCH3 is 1. The Morgan fingerprint density at radius 2 is 1.43 bits per heavy atom. The van der Waals surface area contributed by atoms with Crippen LogP contribution in [-0.2, 0) is 14.9 Å². The van der Waals surface area contributed by atoms with E-state index in [1.807, 2.05) is 12.1 Å². The fourth-order valence-corrected chi connectivity index (χ4v) is 3.37. The molecule has 7 nitrogen and oxygen atoms in total. The highest BCUT2D eigenvalue weighted by atomic mass is 32.2. The molecule has 0 radical (unpaired) electrons. The Bertz CT molecular complexity index is 1070. The van der Waals surface area contributed by atoms with Crippen LogP contribution in [0, 0.1) is 6.92 Å². The molecule has 8 heteroatoms. The van der Waals surface area contributed by atoms with E-state index in [1.165, 1.54) is 18.1 Å². The Labute approximate surface area is 162 Å². The predicted molar refractivity (Wildman–Crippen MR) is 105 cm³/mol. The molecule has 0 amide bonds. The van der Waals surface area contributed by atoms with Gasteiger partial charge in [0.1, 0.15) is 4.90 Å². The first kappa shape index (κ1) is 21.1. The van der Waals surface area contributed by atoms with Gasteiger partial charge >= 0.3 is 5.97 Å². The second-order valence-corrected chi connectivity index (χ2v) is 7.04. The lowest BCUT2D eigenvalue weighted by atomic mass is 10.1. The Morgan fingerprint density at radius 3 is 1.82 bits per heavy atom. The van der Waals surface area contributed by atoms with Crippen molar-refractivity contribution in [2.24, 2.45) is 0 Å². The molecule has 3 aromatic rings. The molecule has 1 heterocycles. The molecular formula is C20H19NO6S. The van der Waals surface area contributed by atoms with Crippen molar-refractivity contribution in [3.05, 3.63) is 88.3 Å². The zero-order valence-corrected chi connectivity index (χ0v) is 16.1. The van der Waals surface area contributed by atoms with E-state index in [2.05, 4.69) is 58.3 Å². The summed E-state index contributed by atoms with van der Waals surface area (Å²) in [5.41, 5.74) is 1.16. The number of nitrogens with one attached hydrogen (secondary N) is 1. The number of benzene rings is 2. The summed E-state index contributed by atoms with van der Waals surface area (Å²) in [7, 11) is -3.61. The summed E-state index contributed by atoms with van der Waals surface area (Å²) >= 11 is 0. The van der Waals surface area contributed by atoms with Crippen LogP contribution in [0.25, 0.3) is 11.1 Å². The summed E-state index contributed by atoms with van der Waals surface area (Å²) in [6, 6.07) is 20.8. The molecule has 0 bridgehead atoms. The standard InChI is InChI=1S/C12H10.C8H9NO6S/c1-3-7-11(8-4-1)12-9-5-2-6-10-12;1-4-6(16(12,13)14)5(8(11)15-2)3-9-7(4)10/h1-10H;3H,1-2H3,(H,9,10)(H,12,13,14). The monoisotopic (exact) mass is 401 g/mol. The van der Waals surface area contributed by atoms with Crippen LogP contribution in [-0.4, -0.2) is 31.0 Å². The van der Waals surface area contributed by atoms with E-state index in [9.17, 15) is 18.0 Å².